The lowest BCUT2D eigenvalue weighted by molar-refractivity contribution is -0.282. The Morgan fingerprint density at radius 3 is 2.36 bits per heavy atom. The molecular weight excluding hydrogens is 182 g/mol. The van der Waals surface area contributed by atoms with Crippen LogP contribution in [0.25, 0.3) is 0 Å². The van der Waals surface area contributed by atoms with E-state index in [2.05, 4.69) is 20.8 Å². The summed E-state index contributed by atoms with van der Waals surface area (Å²) in [5.74, 6) is 0. The van der Waals surface area contributed by atoms with Crippen LogP contribution in [0.2, 0.25) is 0 Å². The predicted molar refractivity (Wildman–Crippen MR) is 51.3 cm³/mol. The number of carboxylic acid groups (broad SMARTS) is 1. The van der Waals surface area contributed by atoms with E-state index in [1.165, 1.54) is 4.90 Å². The molecule has 14 heavy (non-hydrogen) atoms. The average molecular weight is 199 g/mol. The zero-order valence-electron chi connectivity index (χ0n) is 8.91. The lowest BCUT2D eigenvalue weighted by atomic mass is 9.73. The Morgan fingerprint density at radius 1 is 1.50 bits per heavy atom. The fourth-order valence-corrected chi connectivity index (χ4v) is 2.10. The Balaban J connectivity index is 1.83. The highest BCUT2D eigenvalue weighted by Gasteiger charge is 2.57. The number of amides is 1. The van der Waals surface area contributed by atoms with Gasteiger partial charge in [0.25, 0.3) is 0 Å². The minimum Gasteiger partial charge on any atom is -0.465 e. The van der Waals surface area contributed by atoms with Crippen LogP contribution in [-0.2, 0) is 4.74 Å². The van der Waals surface area contributed by atoms with E-state index >= 15 is 0 Å². The summed E-state index contributed by atoms with van der Waals surface area (Å²) in [4.78, 5) is 12.0. The van der Waals surface area contributed by atoms with Gasteiger partial charge in [-0.3, -0.25) is 0 Å². The van der Waals surface area contributed by atoms with Crippen LogP contribution in [0, 0.1) is 5.41 Å². The summed E-state index contributed by atoms with van der Waals surface area (Å²) < 4.78 is 5.80. The second-order valence-corrected chi connectivity index (χ2v) is 5.50. The number of hydrogen-bond donors (Lipinski definition) is 1. The zero-order valence-corrected chi connectivity index (χ0v) is 8.91. The first kappa shape index (κ1) is 9.77. The smallest absolute Gasteiger partial charge is 0.407 e. The molecule has 80 valence electrons. The number of hydrogen-bond acceptors (Lipinski definition) is 2. The van der Waals surface area contributed by atoms with E-state index in [1.54, 1.807) is 0 Å². The van der Waals surface area contributed by atoms with Crippen molar-refractivity contribution in [1.82, 2.24) is 4.90 Å². The maximum Gasteiger partial charge on any atom is 0.407 e. The van der Waals surface area contributed by atoms with Gasteiger partial charge < -0.3 is 14.7 Å². The van der Waals surface area contributed by atoms with Gasteiger partial charge in [-0.2, -0.15) is 0 Å². The highest BCUT2D eigenvalue weighted by atomic mass is 16.5. The van der Waals surface area contributed by atoms with E-state index in [-0.39, 0.29) is 11.0 Å². The first-order chi connectivity index (χ1) is 6.32. The number of ether oxygens (including phenoxy) is 1. The molecule has 2 aliphatic heterocycles. The lowest BCUT2D eigenvalue weighted by Gasteiger charge is -2.60. The van der Waals surface area contributed by atoms with Gasteiger partial charge in [0.15, 0.2) is 0 Å². The lowest BCUT2D eigenvalue weighted by Crippen LogP contribution is -2.73. The standard InChI is InChI=1S/C10H17NO3/c1-9(2,3)7-4-10(14-7)5-11(6-10)8(12)13/h7H,4-6H2,1-3H3,(H,12,13). The highest BCUT2D eigenvalue weighted by Crippen LogP contribution is 2.46. The van der Waals surface area contributed by atoms with E-state index in [0.717, 1.165) is 6.42 Å². The molecule has 0 bridgehead atoms. The monoisotopic (exact) mass is 199 g/mol. The molecule has 2 saturated heterocycles. The second kappa shape index (κ2) is 2.63. The SMILES string of the molecule is CC(C)(C)C1CC2(CN(C(=O)O)C2)O1. The van der Waals surface area contributed by atoms with E-state index in [0.29, 0.717) is 19.2 Å². The normalized spacial score (nSPS) is 29.6. The highest BCUT2D eigenvalue weighted by molar-refractivity contribution is 5.66. The van der Waals surface area contributed by atoms with Crippen LogP contribution in [0.15, 0.2) is 0 Å². The molecular formula is C10H17NO3. The van der Waals surface area contributed by atoms with Crippen LogP contribution in [0.1, 0.15) is 27.2 Å². The van der Waals surface area contributed by atoms with E-state index in [1.807, 2.05) is 0 Å². The molecule has 0 aromatic heterocycles. The molecule has 0 aromatic carbocycles. The molecule has 4 heteroatoms. The van der Waals surface area contributed by atoms with Gasteiger partial charge in [0, 0.05) is 6.42 Å². The van der Waals surface area contributed by atoms with Crippen LogP contribution in [0.4, 0.5) is 4.79 Å². The Bertz CT molecular complexity index is 255. The summed E-state index contributed by atoms with van der Waals surface area (Å²) >= 11 is 0. The van der Waals surface area contributed by atoms with E-state index < -0.39 is 6.09 Å². The van der Waals surface area contributed by atoms with Gasteiger partial charge in [-0.1, -0.05) is 20.8 Å². The molecule has 1 amide bonds. The molecule has 2 aliphatic rings. The third kappa shape index (κ3) is 1.38. The van der Waals surface area contributed by atoms with Crippen LogP contribution >= 0.6 is 0 Å². The van der Waals surface area contributed by atoms with Crippen molar-refractivity contribution >= 4 is 6.09 Å². The molecule has 1 unspecified atom stereocenters. The summed E-state index contributed by atoms with van der Waals surface area (Å²) in [5, 5.41) is 8.68. The Hall–Kier alpha value is -0.770. The summed E-state index contributed by atoms with van der Waals surface area (Å²) in [6.07, 6.45) is 0.456. The average Bonchev–Trinajstić information content (AvgIpc) is 1.74. The molecule has 1 spiro atoms. The fourth-order valence-electron chi connectivity index (χ4n) is 2.10. The number of carbonyl (C=O) groups is 1. The van der Waals surface area contributed by atoms with Crippen LogP contribution in [0.5, 0.6) is 0 Å². The number of nitrogens with zero attached hydrogens (tertiary/aromatic N) is 1. The molecule has 0 aliphatic carbocycles. The quantitative estimate of drug-likeness (QED) is 0.644. The van der Waals surface area contributed by atoms with Gasteiger partial charge in [0.2, 0.25) is 0 Å². The third-order valence-corrected chi connectivity index (χ3v) is 3.14. The maximum atomic E-state index is 10.6. The minimum atomic E-state index is -0.835. The maximum absolute atomic E-state index is 10.6. The van der Waals surface area contributed by atoms with Crippen LogP contribution < -0.4 is 0 Å². The topological polar surface area (TPSA) is 49.8 Å². The first-order valence-electron chi connectivity index (χ1n) is 4.98. The summed E-state index contributed by atoms with van der Waals surface area (Å²) in [6, 6.07) is 0. The van der Waals surface area contributed by atoms with Crippen LogP contribution in [0.3, 0.4) is 0 Å². The summed E-state index contributed by atoms with van der Waals surface area (Å²) in [7, 11) is 0. The third-order valence-electron chi connectivity index (χ3n) is 3.14. The van der Waals surface area contributed by atoms with E-state index in [4.69, 9.17) is 9.84 Å². The Kier molecular flexibility index (Phi) is 1.83. The molecule has 0 saturated carbocycles. The Labute approximate surface area is 83.8 Å². The number of likely N-dealkylation sites (tertiary alicyclic amines) is 1. The first-order valence-corrected chi connectivity index (χ1v) is 4.98. The van der Waals surface area contributed by atoms with Gasteiger partial charge in [-0.25, -0.2) is 4.79 Å². The molecule has 1 atom stereocenters. The van der Waals surface area contributed by atoms with Crippen molar-refractivity contribution in [3.05, 3.63) is 0 Å². The molecule has 2 rings (SSSR count). The van der Waals surface area contributed by atoms with Gasteiger partial charge in [-0.05, 0) is 5.41 Å². The zero-order chi connectivity index (χ0) is 10.6. The molecule has 4 nitrogen and oxygen atoms in total. The minimum absolute atomic E-state index is 0.129. The van der Waals surface area contributed by atoms with Gasteiger partial charge in [0.05, 0.1) is 19.2 Å². The van der Waals surface area contributed by atoms with Crippen molar-refractivity contribution in [2.45, 2.75) is 38.9 Å². The van der Waals surface area contributed by atoms with Crippen LogP contribution in [-0.4, -0.2) is 40.9 Å². The molecule has 1 N–H and O–H groups in total. The number of rotatable bonds is 0. The fraction of sp³-hybridized carbons (Fsp3) is 0.900. The van der Waals surface area contributed by atoms with Crippen molar-refractivity contribution < 1.29 is 14.6 Å². The molecule has 0 aromatic rings. The second-order valence-electron chi connectivity index (χ2n) is 5.50. The predicted octanol–water partition coefficient (Wildman–Crippen LogP) is 1.55. The summed E-state index contributed by atoms with van der Waals surface area (Å²) in [5.41, 5.74) is 0.0469. The van der Waals surface area contributed by atoms with Gasteiger partial charge >= 0.3 is 6.09 Å². The Morgan fingerprint density at radius 2 is 2.00 bits per heavy atom. The molecule has 2 heterocycles. The van der Waals surface area contributed by atoms with Crippen molar-refractivity contribution in [3.63, 3.8) is 0 Å². The van der Waals surface area contributed by atoms with Crippen molar-refractivity contribution in [3.8, 4) is 0 Å². The molecule has 2 fully saturated rings. The summed E-state index contributed by atoms with van der Waals surface area (Å²) in [6.45, 7) is 7.55. The largest absolute Gasteiger partial charge is 0.465 e. The van der Waals surface area contributed by atoms with Crippen molar-refractivity contribution in [2.24, 2.45) is 5.41 Å². The van der Waals surface area contributed by atoms with Crippen molar-refractivity contribution in [2.75, 3.05) is 13.1 Å². The molecule has 0 radical (unpaired) electrons. The van der Waals surface area contributed by atoms with Crippen molar-refractivity contribution in [1.29, 1.82) is 0 Å². The van der Waals surface area contributed by atoms with E-state index in [9.17, 15) is 4.79 Å². The van der Waals surface area contributed by atoms with Gasteiger partial charge in [-0.15, -0.1) is 0 Å². The van der Waals surface area contributed by atoms with Gasteiger partial charge in [0.1, 0.15) is 5.60 Å².